The number of nitrogens with two attached hydrogens (primary N) is 1. The molecule has 0 atom stereocenters. The van der Waals surface area contributed by atoms with E-state index >= 15 is 0 Å². The van der Waals surface area contributed by atoms with Crippen LogP contribution in [0.3, 0.4) is 0 Å². The average Bonchev–Trinajstić information content (AvgIpc) is 2.43. The highest BCUT2D eigenvalue weighted by Gasteiger charge is 2.17. The first kappa shape index (κ1) is 12.0. The summed E-state index contributed by atoms with van der Waals surface area (Å²) in [4.78, 5) is 0. The number of methoxy groups -OCH3 is 1. The normalized spacial score (nSPS) is 12.1. The van der Waals surface area contributed by atoms with Crippen molar-refractivity contribution in [3.05, 3.63) is 11.4 Å². The van der Waals surface area contributed by atoms with E-state index in [0.29, 0.717) is 0 Å². The number of aromatic nitrogens is 2. The van der Waals surface area contributed by atoms with Crippen molar-refractivity contribution in [3.63, 3.8) is 0 Å². The highest BCUT2D eigenvalue weighted by Crippen LogP contribution is 2.18. The molecule has 4 heteroatoms. The molecule has 0 unspecified atom stereocenters. The highest BCUT2D eigenvalue weighted by atomic mass is 16.5. The summed E-state index contributed by atoms with van der Waals surface area (Å²) in [6, 6.07) is 0. The molecule has 0 aromatic carbocycles. The summed E-state index contributed by atoms with van der Waals surface area (Å²) < 4.78 is 7.31. The lowest BCUT2D eigenvalue weighted by molar-refractivity contribution is 0.0112. The van der Waals surface area contributed by atoms with Gasteiger partial charge in [-0.1, -0.05) is 0 Å². The number of ether oxygens (including phenoxy) is 1. The Hall–Kier alpha value is -1.03. The summed E-state index contributed by atoms with van der Waals surface area (Å²) in [5.41, 5.74) is 8.49. The molecular formula is C11H21N3O. The summed E-state index contributed by atoms with van der Waals surface area (Å²) in [6.45, 7) is 8.91. The Balaban J connectivity index is 2.70. The van der Waals surface area contributed by atoms with Gasteiger partial charge in [0.15, 0.2) is 0 Å². The summed E-state index contributed by atoms with van der Waals surface area (Å²) in [5.74, 6) is 0. The van der Waals surface area contributed by atoms with E-state index in [1.807, 2.05) is 18.5 Å². The number of anilines is 1. The van der Waals surface area contributed by atoms with Crippen molar-refractivity contribution in [2.24, 2.45) is 0 Å². The van der Waals surface area contributed by atoms with Crippen molar-refractivity contribution in [1.29, 1.82) is 0 Å². The van der Waals surface area contributed by atoms with Crippen molar-refractivity contribution < 1.29 is 4.74 Å². The van der Waals surface area contributed by atoms with Crippen LogP contribution >= 0.6 is 0 Å². The summed E-state index contributed by atoms with van der Waals surface area (Å²) in [5, 5.41) is 4.38. The van der Waals surface area contributed by atoms with Crippen molar-refractivity contribution in [2.75, 3.05) is 12.8 Å². The van der Waals surface area contributed by atoms with Gasteiger partial charge in [-0.05, 0) is 34.1 Å². The lowest BCUT2D eigenvalue weighted by Gasteiger charge is -2.22. The van der Waals surface area contributed by atoms with Gasteiger partial charge in [-0.15, -0.1) is 0 Å². The predicted molar refractivity (Wildman–Crippen MR) is 61.8 cm³/mol. The third-order valence-electron chi connectivity index (χ3n) is 2.92. The van der Waals surface area contributed by atoms with Crippen molar-refractivity contribution >= 4 is 5.69 Å². The zero-order chi connectivity index (χ0) is 11.6. The Labute approximate surface area is 91.4 Å². The van der Waals surface area contributed by atoms with Crippen molar-refractivity contribution in [1.82, 2.24) is 9.78 Å². The molecule has 15 heavy (non-hydrogen) atoms. The zero-order valence-corrected chi connectivity index (χ0v) is 10.3. The Morgan fingerprint density at radius 1 is 1.40 bits per heavy atom. The lowest BCUT2D eigenvalue weighted by Crippen LogP contribution is -2.25. The van der Waals surface area contributed by atoms with Crippen LogP contribution in [0.4, 0.5) is 5.69 Å². The van der Waals surface area contributed by atoms with E-state index in [1.54, 1.807) is 7.11 Å². The Morgan fingerprint density at radius 2 is 2.00 bits per heavy atom. The van der Waals surface area contributed by atoms with Gasteiger partial charge in [-0.3, -0.25) is 4.68 Å². The Morgan fingerprint density at radius 3 is 2.40 bits per heavy atom. The van der Waals surface area contributed by atoms with E-state index in [9.17, 15) is 0 Å². The van der Waals surface area contributed by atoms with Gasteiger partial charge in [0.05, 0.1) is 22.7 Å². The summed E-state index contributed by atoms with van der Waals surface area (Å²) in [7, 11) is 1.73. The molecule has 0 aliphatic rings. The standard InChI is InChI=1S/C11H21N3O/c1-8-10(12)9(2)14(13-8)7-6-11(3,4)15-5/h6-7,12H2,1-5H3. The van der Waals surface area contributed by atoms with E-state index in [-0.39, 0.29) is 5.60 Å². The molecular weight excluding hydrogens is 190 g/mol. The van der Waals surface area contributed by atoms with Crippen LogP contribution in [-0.4, -0.2) is 22.5 Å². The van der Waals surface area contributed by atoms with Crippen LogP contribution in [0.1, 0.15) is 31.7 Å². The quantitative estimate of drug-likeness (QED) is 0.827. The number of rotatable bonds is 4. The van der Waals surface area contributed by atoms with E-state index < -0.39 is 0 Å². The second-order valence-corrected chi connectivity index (χ2v) is 4.52. The Kier molecular flexibility index (Phi) is 3.39. The van der Waals surface area contributed by atoms with Crippen LogP contribution in [0.2, 0.25) is 0 Å². The number of nitrogen functional groups attached to an aromatic ring is 1. The maximum absolute atomic E-state index is 5.86. The molecule has 0 spiro atoms. The molecule has 0 fully saturated rings. The molecule has 0 saturated heterocycles. The van der Waals surface area contributed by atoms with Crippen LogP contribution in [0.5, 0.6) is 0 Å². The SMILES string of the molecule is COC(C)(C)CCn1nc(C)c(N)c1C. The van der Waals surface area contributed by atoms with Gasteiger partial charge in [0.25, 0.3) is 0 Å². The first-order chi connectivity index (χ1) is 6.87. The fraction of sp³-hybridized carbons (Fsp3) is 0.727. The van der Waals surface area contributed by atoms with E-state index in [0.717, 1.165) is 30.0 Å². The minimum atomic E-state index is -0.110. The fourth-order valence-corrected chi connectivity index (χ4v) is 1.41. The molecule has 0 aliphatic carbocycles. The van der Waals surface area contributed by atoms with E-state index in [1.165, 1.54) is 0 Å². The van der Waals surface area contributed by atoms with Crippen molar-refractivity contribution in [2.45, 2.75) is 46.3 Å². The molecule has 1 aromatic rings. The van der Waals surface area contributed by atoms with Gasteiger partial charge in [-0.25, -0.2) is 0 Å². The highest BCUT2D eigenvalue weighted by molar-refractivity contribution is 5.46. The number of hydrogen-bond acceptors (Lipinski definition) is 3. The van der Waals surface area contributed by atoms with Gasteiger partial charge >= 0.3 is 0 Å². The molecule has 2 N–H and O–H groups in total. The molecule has 1 rings (SSSR count). The van der Waals surface area contributed by atoms with Gasteiger partial charge in [-0.2, -0.15) is 5.10 Å². The molecule has 1 aromatic heterocycles. The Bertz CT molecular complexity index is 342. The molecule has 4 nitrogen and oxygen atoms in total. The topological polar surface area (TPSA) is 53.1 Å². The van der Waals surface area contributed by atoms with E-state index in [4.69, 9.17) is 10.5 Å². The monoisotopic (exact) mass is 211 g/mol. The van der Waals surface area contributed by atoms with Gasteiger partial charge < -0.3 is 10.5 Å². The van der Waals surface area contributed by atoms with Gasteiger partial charge in [0.1, 0.15) is 0 Å². The predicted octanol–water partition coefficient (Wildman–Crippen LogP) is 1.90. The largest absolute Gasteiger partial charge is 0.396 e. The van der Waals surface area contributed by atoms with Gasteiger partial charge in [0, 0.05) is 13.7 Å². The fourth-order valence-electron chi connectivity index (χ4n) is 1.41. The molecule has 86 valence electrons. The van der Waals surface area contributed by atoms with Crippen LogP contribution < -0.4 is 5.73 Å². The number of nitrogens with zero attached hydrogens (tertiary/aromatic N) is 2. The average molecular weight is 211 g/mol. The second kappa shape index (κ2) is 4.23. The maximum Gasteiger partial charge on any atom is 0.0825 e. The second-order valence-electron chi connectivity index (χ2n) is 4.52. The molecule has 0 saturated carbocycles. The molecule has 0 bridgehead atoms. The number of aryl methyl sites for hydroxylation is 2. The van der Waals surface area contributed by atoms with Crippen molar-refractivity contribution in [3.8, 4) is 0 Å². The zero-order valence-electron chi connectivity index (χ0n) is 10.3. The minimum absolute atomic E-state index is 0.110. The van der Waals surface area contributed by atoms with Crippen LogP contribution in [-0.2, 0) is 11.3 Å². The molecule has 0 aliphatic heterocycles. The first-order valence-electron chi connectivity index (χ1n) is 5.22. The third-order valence-corrected chi connectivity index (χ3v) is 2.92. The summed E-state index contributed by atoms with van der Waals surface area (Å²) in [6.07, 6.45) is 0.922. The summed E-state index contributed by atoms with van der Waals surface area (Å²) >= 11 is 0. The molecule has 0 radical (unpaired) electrons. The number of hydrogen-bond donors (Lipinski definition) is 1. The first-order valence-corrected chi connectivity index (χ1v) is 5.22. The third kappa shape index (κ3) is 2.72. The smallest absolute Gasteiger partial charge is 0.0825 e. The van der Waals surface area contributed by atoms with Crippen LogP contribution in [0, 0.1) is 13.8 Å². The lowest BCUT2D eigenvalue weighted by atomic mass is 10.1. The molecule has 0 amide bonds. The minimum Gasteiger partial charge on any atom is -0.396 e. The maximum atomic E-state index is 5.86. The van der Waals surface area contributed by atoms with Gasteiger partial charge in [0.2, 0.25) is 0 Å². The van der Waals surface area contributed by atoms with E-state index in [2.05, 4.69) is 18.9 Å². The van der Waals surface area contributed by atoms with Crippen LogP contribution in [0.25, 0.3) is 0 Å². The molecule has 1 heterocycles. The van der Waals surface area contributed by atoms with Crippen LogP contribution in [0.15, 0.2) is 0 Å².